The topological polar surface area (TPSA) is 29.0 Å². The molecule has 16 heavy (non-hydrogen) atoms. The Morgan fingerprint density at radius 2 is 2.12 bits per heavy atom. The molecular formula is C12H18BrN3. The maximum absolute atomic E-state index is 4.40. The van der Waals surface area contributed by atoms with E-state index in [1.54, 1.807) is 6.33 Å². The van der Waals surface area contributed by atoms with Crippen molar-refractivity contribution in [1.82, 2.24) is 9.97 Å². The van der Waals surface area contributed by atoms with E-state index >= 15 is 0 Å². The van der Waals surface area contributed by atoms with Gasteiger partial charge in [0.2, 0.25) is 0 Å². The van der Waals surface area contributed by atoms with E-state index in [0.717, 1.165) is 23.4 Å². The van der Waals surface area contributed by atoms with Crippen molar-refractivity contribution < 1.29 is 0 Å². The van der Waals surface area contributed by atoms with Crippen LogP contribution in [-0.2, 0) is 0 Å². The first-order chi connectivity index (χ1) is 7.81. The molecule has 0 radical (unpaired) electrons. The molecule has 0 unspecified atom stereocenters. The average Bonchev–Trinajstić information content (AvgIpc) is 2.79. The summed E-state index contributed by atoms with van der Waals surface area (Å²) in [7, 11) is 0. The minimum atomic E-state index is 0.673. The molecule has 0 amide bonds. The number of aryl methyl sites for hydroxylation is 1. The highest BCUT2D eigenvalue weighted by molar-refractivity contribution is 9.09. The lowest BCUT2D eigenvalue weighted by molar-refractivity contribution is 0.615. The van der Waals surface area contributed by atoms with Gasteiger partial charge in [-0.15, -0.1) is 0 Å². The fraction of sp³-hybridized carbons (Fsp3) is 0.667. The van der Waals surface area contributed by atoms with Crippen LogP contribution in [0, 0.1) is 6.92 Å². The predicted octanol–water partition coefficient (Wildman–Crippen LogP) is 2.93. The molecule has 88 valence electrons. The lowest BCUT2D eigenvalue weighted by atomic mass is 10.2. The zero-order chi connectivity index (χ0) is 11.4. The van der Waals surface area contributed by atoms with Gasteiger partial charge in [0.25, 0.3) is 0 Å². The second-order valence-electron chi connectivity index (χ2n) is 4.34. The molecule has 0 saturated heterocycles. The largest absolute Gasteiger partial charge is 0.353 e. The Morgan fingerprint density at radius 3 is 2.75 bits per heavy atom. The first kappa shape index (κ1) is 11.8. The molecule has 1 saturated carbocycles. The van der Waals surface area contributed by atoms with Crippen LogP contribution in [0.2, 0.25) is 0 Å². The molecule has 1 aromatic rings. The van der Waals surface area contributed by atoms with Crippen molar-refractivity contribution in [1.29, 1.82) is 0 Å². The SMILES string of the molecule is Cc1cc(N(CCBr)C2CCCC2)ncn1. The summed E-state index contributed by atoms with van der Waals surface area (Å²) < 4.78 is 0. The van der Waals surface area contributed by atoms with E-state index < -0.39 is 0 Å². The number of hydrogen-bond donors (Lipinski definition) is 0. The maximum atomic E-state index is 4.40. The number of halogens is 1. The minimum Gasteiger partial charge on any atom is -0.353 e. The van der Waals surface area contributed by atoms with E-state index in [9.17, 15) is 0 Å². The van der Waals surface area contributed by atoms with Crippen LogP contribution < -0.4 is 4.90 Å². The summed E-state index contributed by atoms with van der Waals surface area (Å²) in [5, 5.41) is 0.993. The van der Waals surface area contributed by atoms with Gasteiger partial charge in [-0.05, 0) is 19.8 Å². The van der Waals surface area contributed by atoms with Crippen molar-refractivity contribution in [2.24, 2.45) is 0 Å². The zero-order valence-electron chi connectivity index (χ0n) is 9.69. The zero-order valence-corrected chi connectivity index (χ0v) is 11.3. The summed E-state index contributed by atoms with van der Waals surface area (Å²) >= 11 is 3.53. The van der Waals surface area contributed by atoms with Crippen molar-refractivity contribution in [3.05, 3.63) is 18.1 Å². The molecule has 0 aromatic carbocycles. The highest BCUT2D eigenvalue weighted by Crippen LogP contribution is 2.27. The lowest BCUT2D eigenvalue weighted by Gasteiger charge is -2.29. The molecule has 1 heterocycles. The van der Waals surface area contributed by atoms with Crippen LogP contribution in [0.3, 0.4) is 0 Å². The average molecular weight is 284 g/mol. The predicted molar refractivity (Wildman–Crippen MR) is 70.2 cm³/mol. The smallest absolute Gasteiger partial charge is 0.132 e. The van der Waals surface area contributed by atoms with E-state index in [1.165, 1.54) is 25.7 Å². The normalized spacial score (nSPS) is 16.6. The number of aromatic nitrogens is 2. The third kappa shape index (κ3) is 2.73. The Bertz CT molecular complexity index is 337. The fourth-order valence-electron chi connectivity index (χ4n) is 2.39. The molecule has 1 aliphatic carbocycles. The molecular weight excluding hydrogens is 266 g/mol. The molecule has 1 fully saturated rings. The molecule has 4 heteroatoms. The molecule has 1 aliphatic rings. The molecule has 2 rings (SSSR count). The van der Waals surface area contributed by atoms with Crippen LogP contribution >= 0.6 is 15.9 Å². The highest BCUT2D eigenvalue weighted by atomic mass is 79.9. The third-order valence-electron chi connectivity index (χ3n) is 3.17. The number of anilines is 1. The summed E-state index contributed by atoms with van der Waals surface area (Å²) in [5.74, 6) is 1.08. The van der Waals surface area contributed by atoms with Gasteiger partial charge in [-0.25, -0.2) is 9.97 Å². The van der Waals surface area contributed by atoms with Crippen molar-refractivity contribution >= 4 is 21.7 Å². The van der Waals surface area contributed by atoms with Gasteiger partial charge in [-0.2, -0.15) is 0 Å². The molecule has 0 atom stereocenters. The number of nitrogens with zero attached hydrogens (tertiary/aromatic N) is 3. The van der Waals surface area contributed by atoms with Gasteiger partial charge >= 0.3 is 0 Å². The standard InChI is InChI=1S/C12H18BrN3/c1-10-8-12(15-9-14-10)16(7-6-13)11-4-2-3-5-11/h8-9,11H,2-7H2,1H3. The van der Waals surface area contributed by atoms with Crippen LogP contribution in [0.5, 0.6) is 0 Å². The lowest BCUT2D eigenvalue weighted by Crippen LogP contribution is -2.35. The van der Waals surface area contributed by atoms with E-state index in [1.807, 2.05) is 6.92 Å². The van der Waals surface area contributed by atoms with Gasteiger partial charge in [0, 0.05) is 29.7 Å². The number of rotatable bonds is 4. The van der Waals surface area contributed by atoms with Crippen LogP contribution in [0.1, 0.15) is 31.4 Å². The van der Waals surface area contributed by atoms with E-state index in [0.29, 0.717) is 6.04 Å². The Hall–Kier alpha value is -0.640. The molecule has 3 nitrogen and oxygen atoms in total. The van der Waals surface area contributed by atoms with Crippen molar-refractivity contribution in [3.8, 4) is 0 Å². The van der Waals surface area contributed by atoms with Crippen LogP contribution in [0.25, 0.3) is 0 Å². The van der Waals surface area contributed by atoms with Crippen molar-refractivity contribution in [3.63, 3.8) is 0 Å². The van der Waals surface area contributed by atoms with E-state index in [4.69, 9.17) is 0 Å². The minimum absolute atomic E-state index is 0.673. The van der Waals surface area contributed by atoms with Gasteiger partial charge < -0.3 is 4.90 Å². The van der Waals surface area contributed by atoms with Crippen LogP contribution in [0.15, 0.2) is 12.4 Å². The second-order valence-corrected chi connectivity index (χ2v) is 5.13. The molecule has 0 N–H and O–H groups in total. The van der Waals surface area contributed by atoms with Gasteiger partial charge in [0.1, 0.15) is 12.1 Å². The Kier molecular flexibility index (Phi) is 4.16. The summed E-state index contributed by atoms with van der Waals surface area (Å²) in [5.41, 5.74) is 1.04. The van der Waals surface area contributed by atoms with Gasteiger partial charge in [-0.1, -0.05) is 28.8 Å². The Balaban J connectivity index is 2.17. The second kappa shape index (κ2) is 5.62. The van der Waals surface area contributed by atoms with Crippen molar-refractivity contribution in [2.75, 3.05) is 16.8 Å². The maximum Gasteiger partial charge on any atom is 0.132 e. The highest BCUT2D eigenvalue weighted by Gasteiger charge is 2.23. The van der Waals surface area contributed by atoms with Crippen molar-refractivity contribution in [2.45, 2.75) is 38.6 Å². The summed E-state index contributed by atoms with van der Waals surface area (Å²) in [4.78, 5) is 11.0. The molecule has 0 aliphatic heterocycles. The van der Waals surface area contributed by atoms with Crippen LogP contribution in [-0.4, -0.2) is 27.9 Å². The van der Waals surface area contributed by atoms with E-state index in [-0.39, 0.29) is 0 Å². The first-order valence-electron chi connectivity index (χ1n) is 5.92. The first-order valence-corrected chi connectivity index (χ1v) is 7.04. The fourth-order valence-corrected chi connectivity index (χ4v) is 2.77. The summed E-state index contributed by atoms with van der Waals surface area (Å²) in [6, 6.07) is 2.76. The Morgan fingerprint density at radius 1 is 1.38 bits per heavy atom. The monoisotopic (exact) mass is 283 g/mol. The molecule has 0 bridgehead atoms. The molecule has 0 spiro atoms. The summed E-state index contributed by atoms with van der Waals surface area (Å²) in [6.07, 6.45) is 6.98. The summed E-state index contributed by atoms with van der Waals surface area (Å²) in [6.45, 7) is 3.05. The van der Waals surface area contributed by atoms with Gasteiger partial charge in [0.15, 0.2) is 0 Å². The van der Waals surface area contributed by atoms with Gasteiger partial charge in [0.05, 0.1) is 0 Å². The Labute approximate surface area is 105 Å². The number of hydrogen-bond acceptors (Lipinski definition) is 3. The third-order valence-corrected chi connectivity index (χ3v) is 3.53. The van der Waals surface area contributed by atoms with Crippen LogP contribution in [0.4, 0.5) is 5.82 Å². The molecule has 1 aromatic heterocycles. The number of alkyl halides is 1. The quantitative estimate of drug-likeness (QED) is 0.796. The van der Waals surface area contributed by atoms with Gasteiger partial charge in [-0.3, -0.25) is 0 Å². The van der Waals surface area contributed by atoms with E-state index in [2.05, 4.69) is 36.9 Å².